The van der Waals surface area contributed by atoms with E-state index in [1.165, 1.54) is 0 Å². The normalized spacial score (nSPS) is 19.4. The van der Waals surface area contributed by atoms with Crippen LogP contribution in [-0.2, 0) is 10.3 Å². The molecule has 0 saturated carbocycles. The molecule has 0 spiro atoms. The topological polar surface area (TPSA) is 48.7 Å². The van der Waals surface area contributed by atoms with E-state index in [1.54, 1.807) is 14.2 Å². The first-order valence-corrected chi connectivity index (χ1v) is 8.15. The number of benzene rings is 1. The summed E-state index contributed by atoms with van der Waals surface area (Å²) in [6, 6.07) is 9.82. The molecule has 0 fully saturated rings. The van der Waals surface area contributed by atoms with Crippen molar-refractivity contribution in [2.75, 3.05) is 14.2 Å². The molecule has 0 saturated heterocycles. The van der Waals surface area contributed by atoms with Gasteiger partial charge in [0.05, 0.1) is 18.5 Å². The molecule has 126 valence electrons. The minimum atomic E-state index is -0.535. The van der Waals surface area contributed by atoms with Crippen molar-refractivity contribution >= 4 is 5.78 Å². The molecular formula is C20H19N3O2. The molecule has 0 N–H and O–H groups in total. The van der Waals surface area contributed by atoms with Crippen LogP contribution >= 0.6 is 0 Å². The van der Waals surface area contributed by atoms with Crippen molar-refractivity contribution in [3.05, 3.63) is 72.7 Å². The van der Waals surface area contributed by atoms with Gasteiger partial charge in [-0.1, -0.05) is 30.4 Å². The average Bonchev–Trinajstić information content (AvgIpc) is 3.11. The van der Waals surface area contributed by atoms with Crippen LogP contribution in [-0.4, -0.2) is 28.6 Å². The molecular weight excluding hydrogens is 314 g/mol. The molecule has 5 nitrogen and oxygen atoms in total. The molecule has 25 heavy (non-hydrogen) atoms. The van der Waals surface area contributed by atoms with Crippen LogP contribution in [0, 0.1) is 0 Å². The number of hydrogen-bond donors (Lipinski definition) is 0. The number of allylic oxidation sites excluding steroid dienone is 2. The predicted molar refractivity (Wildman–Crippen MR) is 96.6 cm³/mol. The van der Waals surface area contributed by atoms with E-state index in [1.807, 2.05) is 65.4 Å². The standard InChI is InChI=1S/C20H19N3O2/c1-24-17-9-5-4-8-15(17)16-14-23-13-10-18(22-19(23)21-16)20(25-2)11-6-3-7-12-20/h3-11,13-14H,12H2,1-2H3. The SMILES string of the molecule is COc1ccccc1-c1cn2ccc(C3(OC)C=CC=CC3)nc2n1. The third-order valence-electron chi connectivity index (χ3n) is 4.54. The zero-order chi connectivity index (χ0) is 17.3. The maximum atomic E-state index is 5.78. The minimum absolute atomic E-state index is 0.535. The van der Waals surface area contributed by atoms with Crippen molar-refractivity contribution < 1.29 is 9.47 Å². The lowest BCUT2D eigenvalue weighted by Gasteiger charge is -2.29. The van der Waals surface area contributed by atoms with E-state index in [0.717, 1.165) is 29.1 Å². The number of para-hydroxylation sites is 1. The second-order valence-corrected chi connectivity index (χ2v) is 5.93. The van der Waals surface area contributed by atoms with Crippen LogP contribution < -0.4 is 4.74 Å². The molecule has 0 aliphatic heterocycles. The quantitative estimate of drug-likeness (QED) is 0.729. The lowest BCUT2D eigenvalue weighted by molar-refractivity contribution is 0.0271. The molecule has 3 aromatic rings. The molecule has 2 aromatic heterocycles. The Labute approximate surface area is 146 Å². The zero-order valence-corrected chi connectivity index (χ0v) is 14.2. The number of rotatable bonds is 4. The highest BCUT2D eigenvalue weighted by Gasteiger charge is 2.31. The third kappa shape index (κ3) is 2.62. The summed E-state index contributed by atoms with van der Waals surface area (Å²) >= 11 is 0. The lowest BCUT2D eigenvalue weighted by atomic mass is 9.91. The number of aromatic nitrogens is 3. The van der Waals surface area contributed by atoms with Crippen molar-refractivity contribution in [3.8, 4) is 17.0 Å². The van der Waals surface area contributed by atoms with Crippen molar-refractivity contribution in [2.45, 2.75) is 12.0 Å². The van der Waals surface area contributed by atoms with Crippen LogP contribution in [0.1, 0.15) is 12.1 Å². The van der Waals surface area contributed by atoms with Crippen LogP contribution in [0.25, 0.3) is 17.0 Å². The molecule has 2 heterocycles. The van der Waals surface area contributed by atoms with E-state index in [0.29, 0.717) is 5.78 Å². The maximum absolute atomic E-state index is 5.78. The van der Waals surface area contributed by atoms with Gasteiger partial charge in [-0.25, -0.2) is 9.97 Å². The first-order chi connectivity index (χ1) is 12.3. The molecule has 5 heteroatoms. The monoisotopic (exact) mass is 333 g/mol. The van der Waals surface area contributed by atoms with Gasteiger partial charge in [-0.15, -0.1) is 0 Å². The van der Waals surface area contributed by atoms with Crippen molar-refractivity contribution in [3.63, 3.8) is 0 Å². The fraction of sp³-hybridized carbons (Fsp3) is 0.200. The summed E-state index contributed by atoms with van der Waals surface area (Å²) < 4.78 is 13.1. The van der Waals surface area contributed by atoms with E-state index in [-0.39, 0.29) is 0 Å². The van der Waals surface area contributed by atoms with Gasteiger partial charge in [0.1, 0.15) is 11.4 Å². The molecule has 1 atom stereocenters. The Balaban J connectivity index is 1.80. The van der Waals surface area contributed by atoms with E-state index >= 15 is 0 Å². The minimum Gasteiger partial charge on any atom is -0.496 e. The molecule has 0 bridgehead atoms. The number of ether oxygens (including phenoxy) is 2. The van der Waals surface area contributed by atoms with Gasteiger partial charge in [0.25, 0.3) is 0 Å². The third-order valence-corrected chi connectivity index (χ3v) is 4.54. The Morgan fingerprint density at radius 2 is 1.96 bits per heavy atom. The number of imidazole rings is 1. The van der Waals surface area contributed by atoms with Gasteiger partial charge in [-0.05, 0) is 24.3 Å². The zero-order valence-electron chi connectivity index (χ0n) is 14.2. The van der Waals surface area contributed by atoms with E-state index in [2.05, 4.69) is 11.1 Å². The van der Waals surface area contributed by atoms with Crippen LogP contribution in [0.2, 0.25) is 0 Å². The number of fused-ring (bicyclic) bond motifs is 1. The first kappa shape index (κ1) is 15.6. The Hall–Kier alpha value is -2.92. The smallest absolute Gasteiger partial charge is 0.234 e. The second kappa shape index (κ2) is 6.18. The Bertz CT molecular complexity index is 974. The fourth-order valence-corrected chi connectivity index (χ4v) is 3.14. The van der Waals surface area contributed by atoms with E-state index in [9.17, 15) is 0 Å². The molecule has 1 aromatic carbocycles. The molecule has 0 radical (unpaired) electrons. The van der Waals surface area contributed by atoms with E-state index < -0.39 is 5.60 Å². The number of methoxy groups -OCH3 is 2. The summed E-state index contributed by atoms with van der Waals surface area (Å²) in [5.74, 6) is 1.43. The Kier molecular flexibility index (Phi) is 3.86. The van der Waals surface area contributed by atoms with Crippen LogP contribution in [0.15, 0.2) is 67.0 Å². The van der Waals surface area contributed by atoms with Crippen LogP contribution in [0.5, 0.6) is 5.75 Å². The fourth-order valence-electron chi connectivity index (χ4n) is 3.14. The van der Waals surface area contributed by atoms with Crippen LogP contribution in [0.4, 0.5) is 0 Å². The predicted octanol–water partition coefficient (Wildman–Crippen LogP) is 3.76. The Morgan fingerprint density at radius 3 is 2.72 bits per heavy atom. The maximum Gasteiger partial charge on any atom is 0.234 e. The van der Waals surface area contributed by atoms with E-state index in [4.69, 9.17) is 14.5 Å². The van der Waals surface area contributed by atoms with Gasteiger partial charge < -0.3 is 9.47 Å². The summed E-state index contributed by atoms with van der Waals surface area (Å²) in [5.41, 5.74) is 2.08. The van der Waals surface area contributed by atoms with Gasteiger partial charge in [-0.2, -0.15) is 0 Å². The Morgan fingerprint density at radius 1 is 1.08 bits per heavy atom. The van der Waals surface area contributed by atoms with Crippen molar-refractivity contribution in [1.82, 2.24) is 14.4 Å². The molecule has 0 amide bonds. The van der Waals surface area contributed by atoms with Gasteiger partial charge >= 0.3 is 0 Å². The van der Waals surface area contributed by atoms with Crippen molar-refractivity contribution in [1.29, 1.82) is 0 Å². The highest BCUT2D eigenvalue weighted by atomic mass is 16.5. The summed E-state index contributed by atoms with van der Waals surface area (Å²) in [6.45, 7) is 0. The highest BCUT2D eigenvalue weighted by molar-refractivity contribution is 5.68. The average molecular weight is 333 g/mol. The summed E-state index contributed by atoms with van der Waals surface area (Å²) in [6.07, 6.45) is 12.8. The van der Waals surface area contributed by atoms with Gasteiger partial charge in [0.15, 0.2) is 0 Å². The second-order valence-electron chi connectivity index (χ2n) is 5.93. The molecule has 1 aliphatic carbocycles. The number of hydrogen-bond acceptors (Lipinski definition) is 4. The number of nitrogens with zero attached hydrogens (tertiary/aromatic N) is 3. The summed E-state index contributed by atoms with van der Waals surface area (Å²) in [4.78, 5) is 9.43. The van der Waals surface area contributed by atoms with Gasteiger partial charge in [-0.3, -0.25) is 4.40 Å². The largest absolute Gasteiger partial charge is 0.496 e. The van der Waals surface area contributed by atoms with Crippen LogP contribution in [0.3, 0.4) is 0 Å². The van der Waals surface area contributed by atoms with Crippen molar-refractivity contribution in [2.24, 2.45) is 0 Å². The molecule has 4 rings (SSSR count). The first-order valence-electron chi connectivity index (χ1n) is 8.15. The van der Waals surface area contributed by atoms with Gasteiger partial charge in [0, 0.05) is 31.5 Å². The summed E-state index contributed by atoms with van der Waals surface area (Å²) in [7, 11) is 3.37. The van der Waals surface area contributed by atoms with Gasteiger partial charge in [0.2, 0.25) is 5.78 Å². The molecule has 1 aliphatic rings. The molecule has 1 unspecified atom stereocenters. The highest BCUT2D eigenvalue weighted by Crippen LogP contribution is 2.33. The lowest BCUT2D eigenvalue weighted by Crippen LogP contribution is -2.28. The summed E-state index contributed by atoms with van der Waals surface area (Å²) in [5, 5.41) is 0.